The minimum atomic E-state index is -3.81. The van der Waals surface area contributed by atoms with Gasteiger partial charge in [0.2, 0.25) is 21.8 Å². The van der Waals surface area contributed by atoms with Gasteiger partial charge in [-0.05, 0) is 37.5 Å². The van der Waals surface area contributed by atoms with Gasteiger partial charge in [0.05, 0.1) is 4.90 Å². The predicted molar refractivity (Wildman–Crippen MR) is 109 cm³/mol. The molecule has 2 aromatic carbocycles. The molecule has 29 heavy (non-hydrogen) atoms. The van der Waals surface area contributed by atoms with Crippen molar-refractivity contribution < 1.29 is 18.0 Å². The van der Waals surface area contributed by atoms with Gasteiger partial charge >= 0.3 is 0 Å². The molecule has 2 amide bonds. The fraction of sp³-hybridized carbons (Fsp3) is 0.333. The SMILES string of the molecule is Cc1ccc(S(=O)(=O)N2CCC[C@H]2C(=O)N[C@@H](Cc2ccccc2)C(N)=O)cc1. The van der Waals surface area contributed by atoms with Gasteiger partial charge in [0, 0.05) is 13.0 Å². The Hall–Kier alpha value is -2.71. The number of carbonyl (C=O) groups is 2. The highest BCUT2D eigenvalue weighted by molar-refractivity contribution is 7.89. The molecule has 0 unspecified atom stereocenters. The van der Waals surface area contributed by atoms with Crippen LogP contribution in [0.3, 0.4) is 0 Å². The summed E-state index contributed by atoms with van der Waals surface area (Å²) >= 11 is 0. The Morgan fingerprint density at radius 2 is 1.79 bits per heavy atom. The van der Waals surface area contributed by atoms with Crippen molar-refractivity contribution in [1.29, 1.82) is 0 Å². The van der Waals surface area contributed by atoms with E-state index in [0.29, 0.717) is 12.8 Å². The van der Waals surface area contributed by atoms with Crippen LogP contribution < -0.4 is 11.1 Å². The first-order valence-electron chi connectivity index (χ1n) is 9.51. The van der Waals surface area contributed by atoms with E-state index in [1.165, 1.54) is 4.31 Å². The third-order valence-electron chi connectivity index (χ3n) is 5.08. The Morgan fingerprint density at radius 1 is 1.14 bits per heavy atom. The monoisotopic (exact) mass is 415 g/mol. The molecule has 2 aromatic rings. The van der Waals surface area contributed by atoms with Crippen LogP contribution in [-0.2, 0) is 26.0 Å². The molecule has 0 aromatic heterocycles. The maximum atomic E-state index is 13.0. The van der Waals surface area contributed by atoms with Crippen LogP contribution >= 0.6 is 0 Å². The summed E-state index contributed by atoms with van der Waals surface area (Å²) in [5, 5.41) is 2.65. The first-order valence-corrected chi connectivity index (χ1v) is 10.9. The molecule has 1 aliphatic rings. The maximum Gasteiger partial charge on any atom is 0.243 e. The second kappa shape index (κ2) is 8.75. The molecule has 1 heterocycles. The second-order valence-electron chi connectivity index (χ2n) is 7.24. The van der Waals surface area contributed by atoms with Crippen molar-refractivity contribution in [2.75, 3.05) is 6.54 Å². The van der Waals surface area contributed by atoms with Crippen LogP contribution in [0.1, 0.15) is 24.0 Å². The summed E-state index contributed by atoms with van der Waals surface area (Å²) in [6.07, 6.45) is 1.22. The molecule has 0 saturated carbocycles. The van der Waals surface area contributed by atoms with Gasteiger partial charge < -0.3 is 11.1 Å². The molecule has 0 radical (unpaired) electrons. The summed E-state index contributed by atoms with van der Waals surface area (Å²) in [5.41, 5.74) is 7.27. The number of nitrogens with one attached hydrogen (secondary N) is 1. The predicted octanol–water partition coefficient (Wildman–Crippen LogP) is 1.36. The van der Waals surface area contributed by atoms with E-state index in [-0.39, 0.29) is 17.9 Å². The highest BCUT2D eigenvalue weighted by Gasteiger charge is 2.40. The average molecular weight is 416 g/mol. The zero-order valence-electron chi connectivity index (χ0n) is 16.2. The molecule has 0 aliphatic carbocycles. The van der Waals surface area contributed by atoms with E-state index in [1.807, 2.05) is 37.3 Å². The van der Waals surface area contributed by atoms with Crippen molar-refractivity contribution >= 4 is 21.8 Å². The van der Waals surface area contributed by atoms with E-state index in [1.54, 1.807) is 24.3 Å². The van der Waals surface area contributed by atoms with Gasteiger partial charge in [0.15, 0.2) is 0 Å². The molecule has 0 spiro atoms. The number of rotatable bonds is 7. The number of hydrogen-bond acceptors (Lipinski definition) is 4. The Kier molecular flexibility index (Phi) is 6.34. The number of nitrogens with two attached hydrogens (primary N) is 1. The largest absolute Gasteiger partial charge is 0.368 e. The standard InChI is InChI=1S/C21H25N3O4S/c1-15-9-11-17(12-10-15)29(27,28)24-13-5-8-19(24)21(26)23-18(20(22)25)14-16-6-3-2-4-7-16/h2-4,6-7,9-12,18-19H,5,8,13-14H2,1H3,(H2,22,25)(H,23,26)/t18-,19-/m0/s1. The van der Waals surface area contributed by atoms with Crippen molar-refractivity contribution in [2.45, 2.75) is 43.2 Å². The van der Waals surface area contributed by atoms with E-state index in [0.717, 1.165) is 11.1 Å². The van der Waals surface area contributed by atoms with Crippen LogP contribution in [0, 0.1) is 6.92 Å². The molecule has 154 valence electrons. The number of aryl methyl sites for hydroxylation is 1. The Labute approximate surface area is 171 Å². The number of primary amides is 1. The number of sulfonamides is 1. The van der Waals surface area contributed by atoms with E-state index < -0.39 is 33.9 Å². The lowest BCUT2D eigenvalue weighted by atomic mass is 10.0. The Morgan fingerprint density at radius 3 is 2.41 bits per heavy atom. The summed E-state index contributed by atoms with van der Waals surface area (Å²) in [7, 11) is -3.81. The van der Waals surface area contributed by atoms with Gasteiger partial charge in [-0.2, -0.15) is 4.31 Å². The number of hydrogen-bond donors (Lipinski definition) is 2. The molecule has 3 N–H and O–H groups in total. The van der Waals surface area contributed by atoms with Crippen LogP contribution in [-0.4, -0.2) is 43.2 Å². The van der Waals surface area contributed by atoms with Gasteiger partial charge in [-0.15, -0.1) is 0 Å². The molecule has 0 bridgehead atoms. The number of benzene rings is 2. The molecule has 1 saturated heterocycles. The van der Waals surface area contributed by atoms with Crippen LogP contribution in [0.4, 0.5) is 0 Å². The first kappa shape index (κ1) is 21.0. The normalized spacial score (nSPS) is 18.3. The minimum Gasteiger partial charge on any atom is -0.368 e. The summed E-state index contributed by atoms with van der Waals surface area (Å²) < 4.78 is 27.3. The van der Waals surface area contributed by atoms with E-state index >= 15 is 0 Å². The smallest absolute Gasteiger partial charge is 0.243 e. The zero-order chi connectivity index (χ0) is 21.0. The van der Waals surface area contributed by atoms with Crippen LogP contribution in [0.5, 0.6) is 0 Å². The lowest BCUT2D eigenvalue weighted by Crippen LogP contribution is -2.52. The van der Waals surface area contributed by atoms with Crippen molar-refractivity contribution in [3.8, 4) is 0 Å². The highest BCUT2D eigenvalue weighted by atomic mass is 32.2. The van der Waals surface area contributed by atoms with E-state index in [9.17, 15) is 18.0 Å². The van der Waals surface area contributed by atoms with Crippen LogP contribution in [0.2, 0.25) is 0 Å². The molecular formula is C21H25N3O4S. The number of carbonyl (C=O) groups excluding carboxylic acids is 2. The molecular weight excluding hydrogens is 390 g/mol. The molecule has 8 heteroatoms. The fourth-order valence-electron chi connectivity index (χ4n) is 3.48. The van der Waals surface area contributed by atoms with Gasteiger partial charge in [0.1, 0.15) is 12.1 Å². The van der Waals surface area contributed by atoms with Crippen LogP contribution in [0.25, 0.3) is 0 Å². The molecule has 3 rings (SSSR count). The maximum absolute atomic E-state index is 13.0. The Bertz CT molecular complexity index is 975. The van der Waals surface area contributed by atoms with E-state index in [2.05, 4.69) is 5.32 Å². The van der Waals surface area contributed by atoms with Crippen molar-refractivity contribution in [3.63, 3.8) is 0 Å². The molecule has 1 aliphatic heterocycles. The van der Waals surface area contributed by atoms with Crippen molar-refractivity contribution in [1.82, 2.24) is 9.62 Å². The van der Waals surface area contributed by atoms with Crippen molar-refractivity contribution in [2.24, 2.45) is 5.73 Å². The zero-order valence-corrected chi connectivity index (χ0v) is 17.1. The lowest BCUT2D eigenvalue weighted by Gasteiger charge is -2.25. The number of nitrogens with zero attached hydrogens (tertiary/aromatic N) is 1. The summed E-state index contributed by atoms with van der Waals surface area (Å²) in [4.78, 5) is 24.9. The van der Waals surface area contributed by atoms with Gasteiger partial charge in [-0.25, -0.2) is 8.42 Å². The highest BCUT2D eigenvalue weighted by Crippen LogP contribution is 2.26. The van der Waals surface area contributed by atoms with Gasteiger partial charge in [0.25, 0.3) is 0 Å². The van der Waals surface area contributed by atoms with Gasteiger partial charge in [-0.1, -0.05) is 48.0 Å². The molecule has 2 atom stereocenters. The number of amides is 2. The average Bonchev–Trinajstić information content (AvgIpc) is 3.19. The summed E-state index contributed by atoms with van der Waals surface area (Å²) in [6.45, 7) is 2.13. The quantitative estimate of drug-likeness (QED) is 0.711. The van der Waals surface area contributed by atoms with Crippen molar-refractivity contribution in [3.05, 3.63) is 65.7 Å². The Balaban J connectivity index is 1.76. The van der Waals surface area contributed by atoms with Gasteiger partial charge in [-0.3, -0.25) is 9.59 Å². The third kappa shape index (κ3) is 4.83. The summed E-state index contributed by atoms with van der Waals surface area (Å²) in [5.74, 6) is -1.16. The fourth-order valence-corrected chi connectivity index (χ4v) is 5.13. The molecule has 7 nitrogen and oxygen atoms in total. The third-order valence-corrected chi connectivity index (χ3v) is 7.00. The topological polar surface area (TPSA) is 110 Å². The molecule has 1 fully saturated rings. The van der Waals surface area contributed by atoms with E-state index in [4.69, 9.17) is 5.73 Å². The van der Waals surface area contributed by atoms with Crippen LogP contribution in [0.15, 0.2) is 59.5 Å². The second-order valence-corrected chi connectivity index (χ2v) is 9.13. The first-order chi connectivity index (χ1) is 13.8. The summed E-state index contributed by atoms with van der Waals surface area (Å²) in [6, 6.07) is 14.0. The lowest BCUT2D eigenvalue weighted by molar-refractivity contribution is -0.129. The minimum absolute atomic E-state index is 0.151.